The third kappa shape index (κ3) is 6.86. The first-order valence-corrected chi connectivity index (χ1v) is 13.7. The van der Waals surface area contributed by atoms with Crippen molar-refractivity contribution in [2.75, 3.05) is 24.2 Å². The molecule has 7 nitrogen and oxygen atoms in total. The number of hydrogen-bond donors (Lipinski definition) is 1. The molecule has 3 aromatic carbocycles. The fourth-order valence-corrected chi connectivity index (χ4v) is 5.03. The lowest BCUT2D eigenvalue weighted by atomic mass is 10.0. The summed E-state index contributed by atoms with van der Waals surface area (Å²) in [6, 6.07) is 22.7. The van der Waals surface area contributed by atoms with Crippen molar-refractivity contribution < 1.29 is 18.0 Å². The molecule has 0 aliphatic rings. The molecule has 2 amide bonds. The maximum absolute atomic E-state index is 13.8. The Bertz CT molecular complexity index is 1300. The van der Waals surface area contributed by atoms with E-state index in [0.29, 0.717) is 16.3 Å². The zero-order valence-corrected chi connectivity index (χ0v) is 22.1. The largest absolute Gasteiger partial charge is 0.357 e. The summed E-state index contributed by atoms with van der Waals surface area (Å²) < 4.78 is 26.6. The summed E-state index contributed by atoms with van der Waals surface area (Å²) in [7, 11) is -2.32. The van der Waals surface area contributed by atoms with Crippen molar-refractivity contribution >= 4 is 39.1 Å². The molecule has 1 atom stereocenters. The van der Waals surface area contributed by atoms with Gasteiger partial charge < -0.3 is 10.2 Å². The average molecular weight is 528 g/mol. The summed E-state index contributed by atoms with van der Waals surface area (Å²) in [4.78, 5) is 28.3. The molecule has 3 rings (SSSR count). The molecule has 1 N–H and O–H groups in total. The Morgan fingerprint density at radius 3 is 2.06 bits per heavy atom. The standard InChI is InChI=1S/C27H30ClN3O4S/c1-20-23(28)15-10-16-24(20)31(36(3,34)35)19-26(32)30(18-22-13-8-5-9-14-22)25(27(33)29-2)17-21-11-6-4-7-12-21/h4-16,25H,17-19H2,1-3H3,(H,29,33). The van der Waals surface area contributed by atoms with E-state index in [4.69, 9.17) is 11.6 Å². The summed E-state index contributed by atoms with van der Waals surface area (Å²) in [6.45, 7) is 1.36. The number of nitrogens with one attached hydrogen (secondary N) is 1. The van der Waals surface area contributed by atoms with E-state index in [1.807, 2.05) is 60.7 Å². The van der Waals surface area contributed by atoms with Crippen molar-refractivity contribution in [1.82, 2.24) is 10.2 Å². The van der Waals surface area contributed by atoms with E-state index in [2.05, 4.69) is 5.32 Å². The lowest BCUT2D eigenvalue weighted by molar-refractivity contribution is -0.139. The van der Waals surface area contributed by atoms with E-state index < -0.39 is 28.5 Å². The Balaban J connectivity index is 2.03. The molecule has 0 aliphatic carbocycles. The number of sulfonamides is 1. The second kappa shape index (κ2) is 12.1. The van der Waals surface area contributed by atoms with Crippen molar-refractivity contribution in [3.8, 4) is 0 Å². The van der Waals surface area contributed by atoms with E-state index in [1.54, 1.807) is 25.1 Å². The molecule has 0 saturated heterocycles. The van der Waals surface area contributed by atoms with Crippen LogP contribution in [0, 0.1) is 6.92 Å². The molecule has 36 heavy (non-hydrogen) atoms. The fraction of sp³-hybridized carbons (Fsp3) is 0.259. The van der Waals surface area contributed by atoms with Crippen LogP contribution >= 0.6 is 11.6 Å². The molecule has 0 aliphatic heterocycles. The van der Waals surface area contributed by atoms with Crippen molar-refractivity contribution in [3.63, 3.8) is 0 Å². The molecular weight excluding hydrogens is 498 g/mol. The van der Waals surface area contributed by atoms with Crippen molar-refractivity contribution in [2.45, 2.75) is 25.9 Å². The number of rotatable bonds is 10. The van der Waals surface area contributed by atoms with Crippen LogP contribution in [-0.4, -0.2) is 51.0 Å². The quantitative estimate of drug-likeness (QED) is 0.434. The number of benzene rings is 3. The Kier molecular flexibility index (Phi) is 9.12. The van der Waals surface area contributed by atoms with Gasteiger partial charge in [0.25, 0.3) is 0 Å². The first kappa shape index (κ1) is 27.2. The fourth-order valence-electron chi connectivity index (χ4n) is 3.96. The second-order valence-electron chi connectivity index (χ2n) is 8.48. The number of carbonyl (C=O) groups is 2. The Morgan fingerprint density at radius 1 is 0.917 bits per heavy atom. The molecule has 0 radical (unpaired) electrons. The van der Waals surface area contributed by atoms with Gasteiger partial charge in [0.05, 0.1) is 11.9 Å². The van der Waals surface area contributed by atoms with E-state index in [1.165, 1.54) is 11.9 Å². The Morgan fingerprint density at radius 2 is 1.50 bits per heavy atom. The van der Waals surface area contributed by atoms with E-state index in [9.17, 15) is 18.0 Å². The van der Waals surface area contributed by atoms with Crippen LogP contribution in [0.4, 0.5) is 5.69 Å². The third-order valence-electron chi connectivity index (χ3n) is 5.90. The van der Waals surface area contributed by atoms with Crippen molar-refractivity contribution in [1.29, 1.82) is 0 Å². The number of carbonyl (C=O) groups excluding carboxylic acids is 2. The van der Waals surface area contributed by atoms with Gasteiger partial charge >= 0.3 is 0 Å². The minimum atomic E-state index is -3.84. The molecule has 0 bridgehead atoms. The van der Waals surface area contributed by atoms with Gasteiger partial charge in [-0.25, -0.2) is 8.42 Å². The van der Waals surface area contributed by atoms with Gasteiger partial charge in [-0.15, -0.1) is 0 Å². The molecule has 1 unspecified atom stereocenters. The number of amides is 2. The van der Waals surface area contributed by atoms with Gasteiger partial charge in [0, 0.05) is 25.0 Å². The second-order valence-corrected chi connectivity index (χ2v) is 10.8. The molecule has 0 heterocycles. The molecule has 0 spiro atoms. The van der Waals surface area contributed by atoms with E-state index >= 15 is 0 Å². The topological polar surface area (TPSA) is 86.8 Å². The van der Waals surface area contributed by atoms with Crippen LogP contribution in [0.2, 0.25) is 5.02 Å². The van der Waals surface area contributed by atoms with Crippen LogP contribution in [0.15, 0.2) is 78.9 Å². The first-order valence-electron chi connectivity index (χ1n) is 11.4. The van der Waals surface area contributed by atoms with Crippen molar-refractivity contribution in [2.24, 2.45) is 0 Å². The summed E-state index contributed by atoms with van der Waals surface area (Å²) in [5.41, 5.74) is 2.55. The van der Waals surface area contributed by atoms with Gasteiger partial charge in [0.15, 0.2) is 0 Å². The van der Waals surface area contributed by atoms with E-state index in [0.717, 1.165) is 21.7 Å². The highest BCUT2D eigenvalue weighted by Crippen LogP contribution is 2.28. The van der Waals surface area contributed by atoms with Crippen LogP contribution in [0.1, 0.15) is 16.7 Å². The van der Waals surface area contributed by atoms with Gasteiger partial charge in [-0.2, -0.15) is 0 Å². The molecule has 0 aromatic heterocycles. The molecular formula is C27H30ClN3O4S. The van der Waals surface area contributed by atoms with Crippen LogP contribution in [-0.2, 0) is 32.6 Å². The summed E-state index contributed by atoms with van der Waals surface area (Å²) >= 11 is 6.25. The van der Waals surface area contributed by atoms with Gasteiger partial charge in [-0.05, 0) is 35.7 Å². The summed E-state index contributed by atoms with van der Waals surface area (Å²) in [6.07, 6.45) is 1.32. The van der Waals surface area contributed by atoms with Gasteiger partial charge in [0.1, 0.15) is 12.6 Å². The van der Waals surface area contributed by atoms with Crippen molar-refractivity contribution in [3.05, 3.63) is 101 Å². The number of nitrogens with zero attached hydrogens (tertiary/aromatic N) is 2. The number of likely N-dealkylation sites (N-methyl/N-ethyl adjacent to an activating group) is 1. The molecule has 0 fully saturated rings. The number of halogens is 1. The lowest BCUT2D eigenvalue weighted by Gasteiger charge is -2.33. The predicted molar refractivity (Wildman–Crippen MR) is 143 cm³/mol. The molecule has 9 heteroatoms. The van der Waals surface area contributed by atoms with Gasteiger partial charge in [-0.1, -0.05) is 78.3 Å². The van der Waals surface area contributed by atoms with Crippen LogP contribution in [0.3, 0.4) is 0 Å². The summed E-state index contributed by atoms with van der Waals surface area (Å²) in [5.74, 6) is -0.846. The summed E-state index contributed by atoms with van der Waals surface area (Å²) in [5, 5.41) is 3.05. The highest BCUT2D eigenvalue weighted by Gasteiger charge is 2.33. The number of hydrogen-bond acceptors (Lipinski definition) is 4. The minimum absolute atomic E-state index is 0.136. The third-order valence-corrected chi connectivity index (χ3v) is 7.44. The predicted octanol–water partition coefficient (Wildman–Crippen LogP) is 3.80. The maximum Gasteiger partial charge on any atom is 0.244 e. The average Bonchev–Trinajstić information content (AvgIpc) is 2.86. The molecule has 3 aromatic rings. The first-order chi connectivity index (χ1) is 17.1. The van der Waals surface area contributed by atoms with Gasteiger partial charge in [0.2, 0.25) is 21.8 Å². The van der Waals surface area contributed by atoms with Crippen LogP contribution in [0.25, 0.3) is 0 Å². The Hall–Kier alpha value is -3.36. The van der Waals surface area contributed by atoms with Crippen LogP contribution in [0.5, 0.6) is 0 Å². The Labute approximate surface area is 217 Å². The van der Waals surface area contributed by atoms with Crippen LogP contribution < -0.4 is 9.62 Å². The monoisotopic (exact) mass is 527 g/mol. The van der Waals surface area contributed by atoms with E-state index in [-0.39, 0.29) is 18.9 Å². The smallest absolute Gasteiger partial charge is 0.244 e. The molecule has 0 saturated carbocycles. The zero-order chi connectivity index (χ0) is 26.3. The lowest BCUT2D eigenvalue weighted by Crippen LogP contribution is -2.53. The maximum atomic E-state index is 13.8. The highest BCUT2D eigenvalue weighted by atomic mass is 35.5. The number of anilines is 1. The normalized spacial score (nSPS) is 12.0. The molecule has 190 valence electrons. The minimum Gasteiger partial charge on any atom is -0.357 e. The van der Waals surface area contributed by atoms with Gasteiger partial charge in [-0.3, -0.25) is 13.9 Å². The zero-order valence-electron chi connectivity index (χ0n) is 20.5. The highest BCUT2D eigenvalue weighted by molar-refractivity contribution is 7.92. The SMILES string of the molecule is CNC(=O)C(Cc1ccccc1)N(Cc1ccccc1)C(=O)CN(c1cccc(Cl)c1C)S(C)(=O)=O.